The number of carbonyl (C=O) groups is 1. The number of nitrogens with zero attached hydrogens (tertiary/aromatic N) is 5. The van der Waals surface area contributed by atoms with E-state index in [1.165, 1.54) is 29.8 Å². The maximum Gasteiger partial charge on any atom is 0.416 e. The van der Waals surface area contributed by atoms with Crippen molar-refractivity contribution in [2.45, 2.75) is 39.0 Å². The quantitative estimate of drug-likeness (QED) is 0.387. The second-order valence-electron chi connectivity index (χ2n) is 7.56. The molecule has 33 heavy (non-hydrogen) atoms. The van der Waals surface area contributed by atoms with Crippen molar-refractivity contribution in [2.24, 2.45) is 0 Å². The van der Waals surface area contributed by atoms with Gasteiger partial charge in [0.1, 0.15) is 16.1 Å². The zero-order valence-corrected chi connectivity index (χ0v) is 18.9. The van der Waals surface area contributed by atoms with E-state index in [1.54, 1.807) is 13.3 Å². The van der Waals surface area contributed by atoms with Crippen molar-refractivity contribution in [1.82, 2.24) is 25.0 Å². The van der Waals surface area contributed by atoms with E-state index < -0.39 is 11.7 Å². The average molecular weight is 475 g/mol. The zero-order chi connectivity index (χ0) is 23.8. The number of alkyl halides is 3. The fourth-order valence-corrected chi connectivity index (χ4v) is 4.43. The molecule has 0 aliphatic heterocycles. The highest BCUT2D eigenvalue weighted by Crippen LogP contribution is 2.33. The van der Waals surface area contributed by atoms with E-state index in [1.807, 2.05) is 13.8 Å². The van der Waals surface area contributed by atoms with Gasteiger partial charge in [-0.05, 0) is 43.2 Å². The average Bonchev–Trinajstić information content (AvgIpc) is 3.41. The van der Waals surface area contributed by atoms with Crippen molar-refractivity contribution in [3.8, 4) is 5.69 Å². The first-order valence-corrected chi connectivity index (χ1v) is 10.8. The first kappa shape index (κ1) is 23.0. The Morgan fingerprint density at radius 3 is 2.58 bits per heavy atom. The van der Waals surface area contributed by atoms with Gasteiger partial charge in [0.2, 0.25) is 0 Å². The van der Waals surface area contributed by atoms with Gasteiger partial charge in [0, 0.05) is 31.7 Å². The highest BCUT2D eigenvalue weighted by atomic mass is 32.1. The van der Waals surface area contributed by atoms with Crippen molar-refractivity contribution >= 4 is 27.5 Å². The van der Waals surface area contributed by atoms with Crippen LogP contribution in [0.15, 0.2) is 36.8 Å². The largest absolute Gasteiger partial charge is 0.416 e. The summed E-state index contributed by atoms with van der Waals surface area (Å²) in [6, 6.07) is 3.42. The number of fused-ring (bicyclic) bond motifs is 1. The van der Waals surface area contributed by atoms with Crippen molar-refractivity contribution < 1.29 is 22.7 Å². The zero-order valence-electron chi connectivity index (χ0n) is 18.1. The second kappa shape index (κ2) is 8.99. The molecule has 0 radical (unpaired) electrons. The van der Waals surface area contributed by atoms with Gasteiger partial charge in [-0.2, -0.15) is 28.2 Å². The molecule has 1 atom stereocenters. The highest BCUT2D eigenvalue weighted by molar-refractivity contribution is 7.18. The molecular weight excluding hydrogens is 455 g/mol. The van der Waals surface area contributed by atoms with Crippen LogP contribution in [0, 0.1) is 6.92 Å². The number of Topliss-reactive ketones (excluding diaryl/α,β-unsaturated/α-hetero) is 1. The van der Waals surface area contributed by atoms with Gasteiger partial charge in [-0.1, -0.05) is 11.3 Å². The lowest BCUT2D eigenvalue weighted by molar-refractivity contribution is -0.137. The molecule has 0 amide bonds. The van der Waals surface area contributed by atoms with Gasteiger partial charge < -0.3 is 4.74 Å². The van der Waals surface area contributed by atoms with E-state index in [4.69, 9.17) is 4.74 Å². The lowest BCUT2D eigenvalue weighted by atomic mass is 9.96. The van der Waals surface area contributed by atoms with Gasteiger partial charge in [0.15, 0.2) is 0 Å². The summed E-state index contributed by atoms with van der Waals surface area (Å²) in [7, 11) is 1.56. The fourth-order valence-electron chi connectivity index (χ4n) is 3.66. The van der Waals surface area contributed by atoms with Gasteiger partial charge in [0.25, 0.3) is 0 Å². The number of hydrogen-bond acceptors (Lipinski definition) is 7. The number of ketones is 1. The van der Waals surface area contributed by atoms with E-state index in [2.05, 4.69) is 20.2 Å². The fraction of sp³-hybridized carbons (Fsp3) is 0.318. The van der Waals surface area contributed by atoms with Gasteiger partial charge in [-0.15, -0.1) is 0 Å². The highest BCUT2D eigenvalue weighted by Gasteiger charge is 2.32. The number of hydrogen-bond donors (Lipinski definition) is 0. The van der Waals surface area contributed by atoms with Crippen LogP contribution in [0.3, 0.4) is 0 Å². The van der Waals surface area contributed by atoms with Crippen molar-refractivity contribution in [1.29, 1.82) is 0 Å². The number of pyridine rings is 1. The minimum atomic E-state index is -4.57. The van der Waals surface area contributed by atoms with Crippen LogP contribution in [0.5, 0.6) is 0 Å². The maximum absolute atomic E-state index is 13.4. The molecule has 0 aliphatic rings. The predicted molar refractivity (Wildman–Crippen MR) is 116 cm³/mol. The molecule has 0 unspecified atom stereocenters. The monoisotopic (exact) mass is 475 g/mol. The molecule has 0 fully saturated rings. The summed E-state index contributed by atoms with van der Waals surface area (Å²) < 4.78 is 45.8. The number of carbonyl (C=O) groups excluding carboxylic acids is 1. The molecule has 4 aromatic rings. The lowest BCUT2D eigenvalue weighted by Gasteiger charge is -2.15. The summed E-state index contributed by atoms with van der Waals surface area (Å²) >= 11 is 1.45. The standard InChI is InChI=1S/C22H20F3N5O2S/c1-12(32-3)19-15(11-26-21-20(19)29-13(2)33-21)9-18(31)8-14-6-16(22(23,24)25)10-17(7-14)30-27-4-5-28-30/h4-7,10-12H,8-9H2,1-3H3/t12-/m1/s1. The van der Waals surface area contributed by atoms with Crippen LogP contribution >= 0.6 is 11.3 Å². The Morgan fingerprint density at radius 2 is 1.91 bits per heavy atom. The van der Waals surface area contributed by atoms with Crippen LogP contribution in [0.1, 0.15) is 40.3 Å². The van der Waals surface area contributed by atoms with Crippen LogP contribution in [0.2, 0.25) is 0 Å². The SMILES string of the molecule is CO[C@H](C)c1c(CC(=O)Cc2cc(-n3nccn3)cc(C(F)(F)F)c2)cnc2sc(C)nc12. The number of halogens is 3. The molecule has 0 saturated carbocycles. The maximum atomic E-state index is 13.4. The summed E-state index contributed by atoms with van der Waals surface area (Å²) in [4.78, 5) is 23.7. The van der Waals surface area contributed by atoms with Gasteiger partial charge in [-0.25, -0.2) is 9.97 Å². The van der Waals surface area contributed by atoms with Crippen LogP contribution in [0.4, 0.5) is 13.2 Å². The molecule has 0 N–H and O–H groups in total. The third kappa shape index (κ3) is 4.93. The summed E-state index contributed by atoms with van der Waals surface area (Å²) in [6.07, 6.45) is -0.736. The molecule has 7 nitrogen and oxygen atoms in total. The minimum absolute atomic E-state index is 0.00581. The van der Waals surface area contributed by atoms with Crippen LogP contribution < -0.4 is 0 Å². The van der Waals surface area contributed by atoms with Crippen LogP contribution in [-0.2, 0) is 28.5 Å². The molecule has 3 aromatic heterocycles. The first-order valence-electron chi connectivity index (χ1n) is 10.0. The third-order valence-electron chi connectivity index (χ3n) is 5.16. The number of ether oxygens (including phenoxy) is 1. The Morgan fingerprint density at radius 1 is 1.18 bits per heavy atom. The minimum Gasteiger partial charge on any atom is -0.377 e. The van der Waals surface area contributed by atoms with Gasteiger partial charge in [0.05, 0.1) is 34.8 Å². The number of aryl methyl sites for hydroxylation is 1. The lowest BCUT2D eigenvalue weighted by Crippen LogP contribution is -2.13. The molecule has 172 valence electrons. The van der Waals surface area contributed by atoms with Crippen molar-refractivity contribution in [2.75, 3.05) is 7.11 Å². The third-order valence-corrected chi connectivity index (χ3v) is 6.04. The van der Waals surface area contributed by atoms with Crippen LogP contribution in [0.25, 0.3) is 16.0 Å². The Hall–Kier alpha value is -3.18. The molecule has 4 rings (SSSR count). The smallest absolute Gasteiger partial charge is 0.377 e. The molecule has 11 heteroatoms. The molecule has 0 saturated heterocycles. The van der Waals surface area contributed by atoms with Crippen molar-refractivity contribution in [3.05, 3.63) is 64.1 Å². The second-order valence-corrected chi connectivity index (χ2v) is 8.74. The Kier molecular flexibility index (Phi) is 6.26. The molecular formula is C22H20F3N5O2S. The Bertz CT molecular complexity index is 1300. The van der Waals surface area contributed by atoms with Gasteiger partial charge >= 0.3 is 6.18 Å². The Labute approximate surface area is 191 Å². The first-order chi connectivity index (χ1) is 15.7. The van der Waals surface area contributed by atoms with Crippen LogP contribution in [-0.4, -0.2) is 37.9 Å². The molecule has 0 aliphatic carbocycles. The number of thiazole rings is 1. The van der Waals surface area contributed by atoms with E-state index in [9.17, 15) is 18.0 Å². The number of aromatic nitrogens is 5. The molecule has 0 spiro atoms. The molecule has 3 heterocycles. The topological polar surface area (TPSA) is 82.8 Å². The normalized spacial score (nSPS) is 12.9. The summed E-state index contributed by atoms with van der Waals surface area (Å²) in [5, 5.41) is 8.63. The summed E-state index contributed by atoms with van der Waals surface area (Å²) in [5.74, 6) is -0.258. The Balaban J connectivity index is 1.66. The number of rotatable bonds is 7. The number of benzene rings is 1. The molecule has 0 bridgehead atoms. The summed E-state index contributed by atoms with van der Waals surface area (Å²) in [6.45, 7) is 3.73. The summed E-state index contributed by atoms with van der Waals surface area (Å²) in [5.41, 5.74) is 1.59. The predicted octanol–water partition coefficient (Wildman–Crippen LogP) is 4.66. The van der Waals surface area contributed by atoms with E-state index in [0.717, 1.165) is 32.3 Å². The number of methoxy groups -OCH3 is 1. The van der Waals surface area contributed by atoms with Crippen molar-refractivity contribution in [3.63, 3.8) is 0 Å². The van der Waals surface area contributed by atoms with E-state index in [-0.39, 0.29) is 36.0 Å². The van der Waals surface area contributed by atoms with E-state index >= 15 is 0 Å². The van der Waals surface area contributed by atoms with Gasteiger partial charge in [-0.3, -0.25) is 4.79 Å². The molecule has 1 aromatic carbocycles. The van der Waals surface area contributed by atoms with E-state index in [0.29, 0.717) is 11.1 Å².